The predicted octanol–water partition coefficient (Wildman–Crippen LogP) is 5.42. The van der Waals surface area contributed by atoms with Crippen molar-refractivity contribution in [1.29, 1.82) is 0 Å². The summed E-state index contributed by atoms with van der Waals surface area (Å²) in [4.78, 5) is 12.5. The van der Waals surface area contributed by atoms with Crippen LogP contribution in [0.5, 0.6) is 0 Å². The third kappa shape index (κ3) is 3.14. The van der Waals surface area contributed by atoms with E-state index >= 15 is 0 Å². The summed E-state index contributed by atoms with van der Waals surface area (Å²) < 4.78 is 0. The molecule has 0 spiro atoms. The van der Waals surface area contributed by atoms with Gasteiger partial charge in [0.1, 0.15) is 0 Å². The number of hydrogen-bond acceptors (Lipinski definition) is 1. The average Bonchev–Trinajstić information content (AvgIpc) is 3.34. The summed E-state index contributed by atoms with van der Waals surface area (Å²) in [7, 11) is 0. The fourth-order valence-electron chi connectivity index (χ4n) is 3.15. The highest BCUT2D eigenvalue weighted by Gasteiger charge is 2.23. The number of benzene rings is 2. The summed E-state index contributed by atoms with van der Waals surface area (Å²) in [5, 5.41) is 0. The van der Waals surface area contributed by atoms with E-state index in [-0.39, 0.29) is 5.78 Å². The van der Waals surface area contributed by atoms with Gasteiger partial charge in [0.05, 0.1) is 0 Å². The second-order valence-electron chi connectivity index (χ2n) is 6.78. The predicted molar refractivity (Wildman–Crippen MR) is 91.7 cm³/mol. The van der Waals surface area contributed by atoms with Gasteiger partial charge in [0.15, 0.2) is 5.78 Å². The molecule has 1 aliphatic carbocycles. The van der Waals surface area contributed by atoms with Crippen LogP contribution in [-0.4, -0.2) is 5.78 Å². The lowest BCUT2D eigenvalue weighted by Gasteiger charge is -2.13. The van der Waals surface area contributed by atoms with E-state index < -0.39 is 0 Å². The van der Waals surface area contributed by atoms with Crippen LogP contribution in [0.3, 0.4) is 0 Å². The third-order valence-electron chi connectivity index (χ3n) is 4.74. The standard InChI is InChI=1S/C21H24O/c1-14(2)20-6-4-5-19(15(20)3)13-21(22)18-11-9-17(10-12-18)16-7-8-16/h4-6,9-12,14,16H,7-8,13H2,1-3H3. The number of Topliss-reactive ketones (excluding diaryl/α,β-unsaturated/α-hetero) is 1. The normalized spacial score (nSPS) is 14.4. The molecule has 0 bridgehead atoms. The van der Waals surface area contributed by atoms with Gasteiger partial charge < -0.3 is 0 Å². The fourth-order valence-corrected chi connectivity index (χ4v) is 3.15. The van der Waals surface area contributed by atoms with E-state index in [1.54, 1.807) is 0 Å². The Bertz CT molecular complexity index is 676. The first-order valence-corrected chi connectivity index (χ1v) is 8.28. The van der Waals surface area contributed by atoms with Crippen LogP contribution in [-0.2, 0) is 6.42 Å². The fraction of sp³-hybridized carbons (Fsp3) is 0.381. The van der Waals surface area contributed by atoms with Gasteiger partial charge in [0.25, 0.3) is 0 Å². The highest BCUT2D eigenvalue weighted by atomic mass is 16.1. The molecule has 2 aromatic rings. The topological polar surface area (TPSA) is 17.1 Å². The molecule has 0 unspecified atom stereocenters. The average molecular weight is 292 g/mol. The highest BCUT2D eigenvalue weighted by Crippen LogP contribution is 2.39. The van der Waals surface area contributed by atoms with Crippen molar-refractivity contribution < 1.29 is 4.79 Å². The van der Waals surface area contributed by atoms with Gasteiger partial charge in [-0.05, 0) is 53.9 Å². The van der Waals surface area contributed by atoms with Crippen LogP contribution in [0.2, 0.25) is 0 Å². The van der Waals surface area contributed by atoms with E-state index in [4.69, 9.17) is 0 Å². The van der Waals surface area contributed by atoms with Crippen molar-refractivity contribution in [3.63, 3.8) is 0 Å². The quantitative estimate of drug-likeness (QED) is 0.672. The van der Waals surface area contributed by atoms with Gasteiger partial charge in [0.2, 0.25) is 0 Å². The molecule has 0 N–H and O–H groups in total. The van der Waals surface area contributed by atoms with Crippen molar-refractivity contribution >= 4 is 5.78 Å². The minimum atomic E-state index is 0.214. The van der Waals surface area contributed by atoms with Crippen LogP contribution in [0.1, 0.15) is 71.1 Å². The molecule has 0 aliphatic heterocycles. The Balaban J connectivity index is 1.77. The van der Waals surface area contributed by atoms with Crippen molar-refractivity contribution in [3.8, 4) is 0 Å². The van der Waals surface area contributed by atoms with Gasteiger partial charge >= 0.3 is 0 Å². The number of carbonyl (C=O) groups excluding carboxylic acids is 1. The molecule has 1 fully saturated rings. The van der Waals surface area contributed by atoms with Crippen LogP contribution in [0.15, 0.2) is 42.5 Å². The minimum absolute atomic E-state index is 0.214. The van der Waals surface area contributed by atoms with Gasteiger partial charge in [-0.15, -0.1) is 0 Å². The maximum absolute atomic E-state index is 12.5. The zero-order valence-corrected chi connectivity index (χ0v) is 13.7. The van der Waals surface area contributed by atoms with E-state index in [1.165, 1.54) is 29.5 Å². The summed E-state index contributed by atoms with van der Waals surface area (Å²) in [6, 6.07) is 14.6. The number of ketones is 1. The van der Waals surface area contributed by atoms with Crippen LogP contribution < -0.4 is 0 Å². The van der Waals surface area contributed by atoms with Crippen LogP contribution in [0, 0.1) is 6.92 Å². The van der Waals surface area contributed by atoms with E-state index in [1.807, 2.05) is 12.1 Å². The Morgan fingerprint density at radius 3 is 2.36 bits per heavy atom. The zero-order valence-electron chi connectivity index (χ0n) is 13.7. The molecule has 2 aromatic carbocycles. The Hall–Kier alpha value is -1.89. The number of carbonyl (C=O) groups is 1. The maximum atomic E-state index is 12.5. The molecule has 0 amide bonds. The van der Waals surface area contributed by atoms with Crippen LogP contribution >= 0.6 is 0 Å². The molecule has 22 heavy (non-hydrogen) atoms. The zero-order chi connectivity index (χ0) is 15.7. The van der Waals surface area contributed by atoms with Gasteiger partial charge in [-0.2, -0.15) is 0 Å². The van der Waals surface area contributed by atoms with E-state index in [0.29, 0.717) is 12.3 Å². The lowest BCUT2D eigenvalue weighted by Crippen LogP contribution is -2.06. The summed E-state index contributed by atoms with van der Waals surface area (Å²) in [6.45, 7) is 6.53. The Morgan fingerprint density at radius 1 is 1.09 bits per heavy atom. The first-order chi connectivity index (χ1) is 10.6. The summed E-state index contributed by atoms with van der Waals surface area (Å²) in [6.07, 6.45) is 3.10. The summed E-state index contributed by atoms with van der Waals surface area (Å²) >= 11 is 0. The minimum Gasteiger partial charge on any atom is -0.294 e. The monoisotopic (exact) mass is 292 g/mol. The maximum Gasteiger partial charge on any atom is 0.167 e. The molecular weight excluding hydrogens is 268 g/mol. The first-order valence-electron chi connectivity index (χ1n) is 8.28. The number of rotatable bonds is 5. The molecule has 1 aliphatic rings. The van der Waals surface area contributed by atoms with Gasteiger partial charge in [-0.3, -0.25) is 4.79 Å². The molecule has 0 radical (unpaired) electrons. The van der Waals surface area contributed by atoms with Crippen molar-refractivity contribution in [1.82, 2.24) is 0 Å². The van der Waals surface area contributed by atoms with Crippen LogP contribution in [0.25, 0.3) is 0 Å². The molecule has 0 saturated heterocycles. The Kier molecular flexibility index (Phi) is 4.15. The molecule has 0 heterocycles. The molecule has 0 aromatic heterocycles. The second kappa shape index (κ2) is 6.08. The van der Waals surface area contributed by atoms with Gasteiger partial charge in [-0.1, -0.05) is 56.3 Å². The highest BCUT2D eigenvalue weighted by molar-refractivity contribution is 5.97. The van der Waals surface area contributed by atoms with E-state index in [9.17, 15) is 4.79 Å². The molecule has 114 valence electrons. The first kappa shape index (κ1) is 15.0. The van der Waals surface area contributed by atoms with Crippen molar-refractivity contribution in [2.45, 2.75) is 51.9 Å². The third-order valence-corrected chi connectivity index (χ3v) is 4.74. The van der Waals surface area contributed by atoms with Crippen molar-refractivity contribution in [2.24, 2.45) is 0 Å². The molecule has 3 rings (SSSR count). The van der Waals surface area contributed by atoms with Crippen molar-refractivity contribution in [2.75, 3.05) is 0 Å². The Labute approximate surface area is 133 Å². The second-order valence-corrected chi connectivity index (χ2v) is 6.78. The molecular formula is C21H24O. The summed E-state index contributed by atoms with van der Waals surface area (Å²) in [5.41, 5.74) is 5.98. The SMILES string of the molecule is Cc1c(CC(=O)c2ccc(C3CC3)cc2)cccc1C(C)C. The van der Waals surface area contributed by atoms with Crippen molar-refractivity contribution in [3.05, 3.63) is 70.3 Å². The smallest absolute Gasteiger partial charge is 0.167 e. The summed E-state index contributed by atoms with van der Waals surface area (Å²) in [5.74, 6) is 1.45. The lowest BCUT2D eigenvalue weighted by atomic mass is 9.91. The molecule has 1 saturated carbocycles. The number of hydrogen-bond donors (Lipinski definition) is 0. The Morgan fingerprint density at radius 2 is 1.77 bits per heavy atom. The van der Waals surface area contributed by atoms with Crippen LogP contribution in [0.4, 0.5) is 0 Å². The molecule has 0 atom stereocenters. The van der Waals surface area contributed by atoms with E-state index in [2.05, 4.69) is 51.1 Å². The molecule has 1 heteroatoms. The van der Waals surface area contributed by atoms with E-state index in [0.717, 1.165) is 17.0 Å². The van der Waals surface area contributed by atoms with Gasteiger partial charge in [0, 0.05) is 12.0 Å². The largest absolute Gasteiger partial charge is 0.294 e. The molecule has 1 nitrogen and oxygen atoms in total. The lowest BCUT2D eigenvalue weighted by molar-refractivity contribution is 0.0992. The van der Waals surface area contributed by atoms with Gasteiger partial charge in [-0.25, -0.2) is 0 Å².